The number of rotatable bonds is 4. The molecular formula is C11H12ClNO4. The number of carbonyl (C=O) groups is 2. The van der Waals surface area contributed by atoms with Gasteiger partial charge in [0.2, 0.25) is 0 Å². The van der Waals surface area contributed by atoms with Crippen LogP contribution in [-0.4, -0.2) is 30.1 Å². The Morgan fingerprint density at radius 3 is 2.35 bits per heavy atom. The molecule has 1 rings (SSSR count). The van der Waals surface area contributed by atoms with E-state index in [4.69, 9.17) is 21.1 Å². The number of halogens is 1. The number of ether oxygens (including phenoxy) is 2. The average Bonchev–Trinajstić information content (AvgIpc) is 2.29. The average molecular weight is 258 g/mol. The molecule has 0 bridgehead atoms. The van der Waals surface area contributed by atoms with Gasteiger partial charge in [0.1, 0.15) is 5.15 Å². The summed E-state index contributed by atoms with van der Waals surface area (Å²) in [6.07, 6.45) is 0. The van der Waals surface area contributed by atoms with Crippen molar-refractivity contribution in [3.8, 4) is 0 Å². The summed E-state index contributed by atoms with van der Waals surface area (Å²) in [5.74, 6) is -1.32. The lowest BCUT2D eigenvalue weighted by Gasteiger charge is -2.07. The predicted molar refractivity (Wildman–Crippen MR) is 61.2 cm³/mol. The van der Waals surface area contributed by atoms with E-state index in [9.17, 15) is 9.59 Å². The Morgan fingerprint density at radius 2 is 1.76 bits per heavy atom. The zero-order valence-corrected chi connectivity index (χ0v) is 10.3. The van der Waals surface area contributed by atoms with E-state index < -0.39 is 11.9 Å². The summed E-state index contributed by atoms with van der Waals surface area (Å²) in [6.45, 7) is 3.73. The fraction of sp³-hybridized carbons (Fsp3) is 0.364. The first-order chi connectivity index (χ1) is 8.10. The molecule has 1 aromatic heterocycles. The summed E-state index contributed by atoms with van der Waals surface area (Å²) in [5.41, 5.74) is -0.0764. The Bertz CT molecular complexity index is 433. The number of esters is 2. The highest BCUT2D eigenvalue weighted by atomic mass is 35.5. The number of hydrogen-bond acceptors (Lipinski definition) is 5. The molecule has 0 fully saturated rings. The number of aromatic nitrogens is 1. The van der Waals surface area contributed by atoms with E-state index in [0.29, 0.717) is 0 Å². The monoisotopic (exact) mass is 257 g/mol. The molecule has 1 heterocycles. The minimum atomic E-state index is -0.696. The van der Waals surface area contributed by atoms with Crippen LogP contribution in [0.25, 0.3) is 0 Å². The Balaban J connectivity index is 3.11. The highest BCUT2D eigenvalue weighted by Crippen LogP contribution is 2.14. The molecule has 0 atom stereocenters. The number of hydrogen-bond donors (Lipinski definition) is 0. The van der Waals surface area contributed by atoms with Crippen LogP contribution in [-0.2, 0) is 9.47 Å². The van der Waals surface area contributed by atoms with Gasteiger partial charge in [0.25, 0.3) is 0 Å². The molecular weight excluding hydrogens is 246 g/mol. The Hall–Kier alpha value is -1.62. The Labute approximate surface area is 104 Å². The van der Waals surface area contributed by atoms with E-state index in [-0.39, 0.29) is 29.6 Å². The van der Waals surface area contributed by atoms with Crippen LogP contribution in [0.4, 0.5) is 0 Å². The molecule has 17 heavy (non-hydrogen) atoms. The van der Waals surface area contributed by atoms with Gasteiger partial charge in [0.05, 0.1) is 18.8 Å². The van der Waals surface area contributed by atoms with Gasteiger partial charge in [0.15, 0.2) is 5.69 Å². The van der Waals surface area contributed by atoms with E-state index in [1.807, 2.05) is 0 Å². The number of pyridine rings is 1. The summed E-state index contributed by atoms with van der Waals surface area (Å²) in [7, 11) is 0. The smallest absolute Gasteiger partial charge is 0.357 e. The van der Waals surface area contributed by atoms with Crippen LogP contribution in [0.15, 0.2) is 12.1 Å². The molecule has 0 aliphatic rings. The first-order valence-corrected chi connectivity index (χ1v) is 5.48. The molecule has 0 saturated heterocycles. The topological polar surface area (TPSA) is 65.5 Å². The molecule has 0 aromatic carbocycles. The van der Waals surface area contributed by atoms with E-state index in [2.05, 4.69) is 4.98 Å². The van der Waals surface area contributed by atoms with E-state index >= 15 is 0 Å². The molecule has 0 N–H and O–H groups in total. The lowest BCUT2D eigenvalue weighted by Crippen LogP contribution is -2.16. The first-order valence-electron chi connectivity index (χ1n) is 5.10. The molecule has 5 nitrogen and oxygen atoms in total. The third-order valence-corrected chi connectivity index (χ3v) is 2.04. The summed E-state index contributed by atoms with van der Waals surface area (Å²) in [6, 6.07) is 2.80. The SMILES string of the molecule is CCOC(=O)c1ccc(Cl)nc1C(=O)OCC. The minimum absolute atomic E-state index is 0.0506. The maximum absolute atomic E-state index is 11.6. The molecule has 0 amide bonds. The van der Waals surface area contributed by atoms with Gasteiger partial charge < -0.3 is 9.47 Å². The van der Waals surface area contributed by atoms with Crippen LogP contribution < -0.4 is 0 Å². The fourth-order valence-electron chi connectivity index (χ4n) is 1.16. The van der Waals surface area contributed by atoms with Gasteiger partial charge in [0, 0.05) is 0 Å². The lowest BCUT2D eigenvalue weighted by atomic mass is 10.2. The highest BCUT2D eigenvalue weighted by molar-refractivity contribution is 6.29. The van der Waals surface area contributed by atoms with Crippen LogP contribution in [0.1, 0.15) is 34.7 Å². The maximum Gasteiger partial charge on any atom is 0.357 e. The number of nitrogens with zero attached hydrogens (tertiary/aromatic N) is 1. The molecule has 0 unspecified atom stereocenters. The van der Waals surface area contributed by atoms with E-state index in [1.165, 1.54) is 12.1 Å². The normalized spacial score (nSPS) is 9.82. The van der Waals surface area contributed by atoms with E-state index in [1.54, 1.807) is 13.8 Å². The largest absolute Gasteiger partial charge is 0.462 e. The fourth-order valence-corrected chi connectivity index (χ4v) is 1.31. The van der Waals surface area contributed by atoms with Crippen LogP contribution in [0.3, 0.4) is 0 Å². The molecule has 0 saturated carbocycles. The second-order valence-electron chi connectivity index (χ2n) is 2.97. The van der Waals surface area contributed by atoms with E-state index in [0.717, 1.165) is 0 Å². The van der Waals surface area contributed by atoms with Gasteiger partial charge in [-0.3, -0.25) is 0 Å². The van der Waals surface area contributed by atoms with Crippen molar-refractivity contribution in [2.75, 3.05) is 13.2 Å². The third kappa shape index (κ3) is 3.42. The van der Waals surface area contributed by atoms with Crippen molar-refractivity contribution in [3.05, 3.63) is 28.5 Å². The highest BCUT2D eigenvalue weighted by Gasteiger charge is 2.21. The molecule has 1 aromatic rings. The van der Waals surface area contributed by atoms with Crippen molar-refractivity contribution in [1.82, 2.24) is 4.98 Å². The quantitative estimate of drug-likeness (QED) is 0.610. The second kappa shape index (κ2) is 6.20. The van der Waals surface area contributed by atoms with Gasteiger partial charge in [-0.1, -0.05) is 11.6 Å². The zero-order chi connectivity index (χ0) is 12.8. The van der Waals surface area contributed by atoms with Crippen LogP contribution in [0, 0.1) is 0 Å². The van der Waals surface area contributed by atoms with Gasteiger partial charge in [-0.15, -0.1) is 0 Å². The van der Waals surface area contributed by atoms with Crippen LogP contribution in [0.5, 0.6) is 0 Å². The Kier molecular flexibility index (Phi) is 4.90. The predicted octanol–water partition coefficient (Wildman–Crippen LogP) is 2.09. The molecule has 0 aliphatic heterocycles. The molecule has 6 heteroatoms. The second-order valence-corrected chi connectivity index (χ2v) is 3.36. The summed E-state index contributed by atoms with van der Waals surface area (Å²) in [5, 5.41) is 0.112. The number of carbonyl (C=O) groups excluding carboxylic acids is 2. The maximum atomic E-state index is 11.6. The van der Waals surface area contributed by atoms with Crippen molar-refractivity contribution < 1.29 is 19.1 Å². The molecule has 0 spiro atoms. The van der Waals surface area contributed by atoms with Crippen LogP contribution in [0.2, 0.25) is 5.15 Å². The summed E-state index contributed by atoms with van der Waals surface area (Å²) in [4.78, 5) is 26.9. The van der Waals surface area contributed by atoms with Crippen LogP contribution >= 0.6 is 11.6 Å². The first kappa shape index (κ1) is 13.4. The molecule has 92 valence electrons. The van der Waals surface area contributed by atoms with Crippen molar-refractivity contribution in [1.29, 1.82) is 0 Å². The lowest BCUT2D eigenvalue weighted by molar-refractivity contribution is 0.0473. The van der Waals surface area contributed by atoms with Crippen molar-refractivity contribution in [2.24, 2.45) is 0 Å². The van der Waals surface area contributed by atoms with Crippen molar-refractivity contribution in [2.45, 2.75) is 13.8 Å². The summed E-state index contributed by atoms with van der Waals surface area (Å²) >= 11 is 5.67. The van der Waals surface area contributed by atoms with Crippen molar-refractivity contribution in [3.63, 3.8) is 0 Å². The Morgan fingerprint density at radius 1 is 1.18 bits per heavy atom. The van der Waals surface area contributed by atoms with Gasteiger partial charge in [-0.2, -0.15) is 0 Å². The standard InChI is InChI=1S/C11H12ClNO4/c1-3-16-10(14)7-5-6-8(12)13-9(7)11(15)17-4-2/h5-6H,3-4H2,1-2H3. The van der Waals surface area contributed by atoms with Crippen molar-refractivity contribution >= 4 is 23.5 Å². The molecule has 0 aliphatic carbocycles. The zero-order valence-electron chi connectivity index (χ0n) is 9.53. The van der Waals surface area contributed by atoms with Gasteiger partial charge in [-0.05, 0) is 26.0 Å². The third-order valence-electron chi connectivity index (χ3n) is 1.83. The van der Waals surface area contributed by atoms with Gasteiger partial charge in [-0.25, -0.2) is 14.6 Å². The summed E-state index contributed by atoms with van der Waals surface area (Å²) < 4.78 is 9.59. The minimum Gasteiger partial charge on any atom is -0.462 e. The van der Waals surface area contributed by atoms with Gasteiger partial charge >= 0.3 is 11.9 Å². The molecule has 0 radical (unpaired) electrons.